The summed E-state index contributed by atoms with van der Waals surface area (Å²) in [7, 11) is 0. The summed E-state index contributed by atoms with van der Waals surface area (Å²) in [5.41, 5.74) is -0.990. The molecule has 4 heteroatoms. The molecule has 0 saturated heterocycles. The van der Waals surface area contributed by atoms with Gasteiger partial charge in [-0.25, -0.2) is 0 Å². The molecular formula is C7H14NO3-. The summed E-state index contributed by atoms with van der Waals surface area (Å²) in [6.45, 7) is 5.23. The largest absolute Gasteiger partial charge is 0.530 e. The van der Waals surface area contributed by atoms with Crippen molar-refractivity contribution in [3.63, 3.8) is 0 Å². The van der Waals surface area contributed by atoms with Crippen LogP contribution in [-0.4, -0.2) is 34.8 Å². The Balaban J connectivity index is 3.99. The van der Waals surface area contributed by atoms with E-state index in [0.29, 0.717) is 6.54 Å². The maximum absolute atomic E-state index is 10.3. The number of amides is 1. The Bertz CT molecular complexity index is 139. The third-order valence-electron chi connectivity index (χ3n) is 1.22. The predicted octanol–water partition coefficient (Wildman–Crippen LogP) is -0.578. The first kappa shape index (κ1) is 10.2. The fraction of sp³-hybridized carbons (Fsp3) is 0.857. The van der Waals surface area contributed by atoms with Crippen molar-refractivity contribution < 1.29 is 15.0 Å². The van der Waals surface area contributed by atoms with E-state index in [1.54, 1.807) is 20.8 Å². The Labute approximate surface area is 66.4 Å². The monoisotopic (exact) mass is 160 g/mol. The summed E-state index contributed by atoms with van der Waals surface area (Å²) in [5.74, 6) is 0. The number of carbonyl (C=O) groups excluding carboxylic acids is 1. The van der Waals surface area contributed by atoms with Crippen LogP contribution in [0.3, 0.4) is 0 Å². The average Bonchev–Trinajstić information content (AvgIpc) is 1.80. The second-order valence-corrected chi connectivity index (χ2v) is 3.09. The number of hydrogen-bond acceptors (Lipinski definition) is 3. The molecule has 0 rings (SSSR count). The highest BCUT2D eigenvalue weighted by molar-refractivity contribution is 5.62. The average molecular weight is 160 g/mol. The minimum Gasteiger partial charge on any atom is -0.530 e. The molecule has 0 radical (unpaired) electrons. The van der Waals surface area contributed by atoms with Crippen LogP contribution in [0.5, 0.6) is 0 Å². The zero-order chi connectivity index (χ0) is 9.07. The Morgan fingerprint density at radius 2 is 2.09 bits per heavy atom. The van der Waals surface area contributed by atoms with Crippen molar-refractivity contribution in [3.8, 4) is 0 Å². The minimum absolute atomic E-state index is 0.0891. The van der Waals surface area contributed by atoms with Gasteiger partial charge in [-0.3, -0.25) is 0 Å². The van der Waals surface area contributed by atoms with E-state index >= 15 is 0 Å². The summed E-state index contributed by atoms with van der Waals surface area (Å²) in [6.07, 6.45) is -1.24. The molecule has 0 aliphatic heterocycles. The van der Waals surface area contributed by atoms with E-state index in [1.165, 1.54) is 0 Å². The molecule has 0 spiro atoms. The van der Waals surface area contributed by atoms with Crippen LogP contribution in [0.25, 0.3) is 0 Å². The summed E-state index contributed by atoms with van der Waals surface area (Å²) in [4.78, 5) is 11.4. The Morgan fingerprint density at radius 3 is 2.18 bits per heavy atom. The van der Waals surface area contributed by atoms with Crippen molar-refractivity contribution in [1.82, 2.24) is 4.90 Å². The van der Waals surface area contributed by atoms with E-state index in [9.17, 15) is 15.0 Å². The molecule has 1 N–H and O–H groups in total. The van der Waals surface area contributed by atoms with E-state index in [4.69, 9.17) is 0 Å². The topological polar surface area (TPSA) is 63.6 Å². The predicted molar refractivity (Wildman–Crippen MR) is 38.9 cm³/mol. The lowest BCUT2D eigenvalue weighted by Crippen LogP contribution is -2.47. The van der Waals surface area contributed by atoms with Gasteiger partial charge in [-0.05, 0) is 20.8 Å². The van der Waals surface area contributed by atoms with Crippen molar-refractivity contribution in [2.45, 2.75) is 26.4 Å². The molecule has 66 valence electrons. The number of nitrogens with zero attached hydrogens (tertiary/aromatic N) is 1. The van der Waals surface area contributed by atoms with Gasteiger partial charge in [0, 0.05) is 13.1 Å². The molecule has 0 saturated carbocycles. The number of aliphatic hydroxyl groups is 1. The first-order chi connectivity index (χ1) is 4.87. The van der Waals surface area contributed by atoms with Gasteiger partial charge in [0.15, 0.2) is 0 Å². The minimum atomic E-state index is -1.24. The first-order valence-corrected chi connectivity index (χ1v) is 3.55. The van der Waals surface area contributed by atoms with Crippen molar-refractivity contribution >= 4 is 6.09 Å². The fourth-order valence-corrected chi connectivity index (χ4v) is 0.773. The van der Waals surface area contributed by atoms with Crippen molar-refractivity contribution in [3.05, 3.63) is 0 Å². The lowest BCUT2D eigenvalue weighted by Gasteiger charge is -2.29. The highest BCUT2D eigenvalue weighted by Gasteiger charge is 2.16. The van der Waals surface area contributed by atoms with Gasteiger partial charge in [-0.15, -0.1) is 0 Å². The van der Waals surface area contributed by atoms with Crippen LogP contribution >= 0.6 is 0 Å². The van der Waals surface area contributed by atoms with E-state index < -0.39 is 11.7 Å². The quantitative estimate of drug-likeness (QED) is 0.601. The highest BCUT2D eigenvalue weighted by Crippen LogP contribution is 2.03. The number of carbonyl (C=O) groups is 1. The van der Waals surface area contributed by atoms with Gasteiger partial charge in [0.25, 0.3) is 0 Å². The Kier molecular flexibility index (Phi) is 3.32. The smallest absolute Gasteiger partial charge is 0.137 e. The lowest BCUT2D eigenvalue weighted by atomic mass is 10.1. The molecule has 0 bridgehead atoms. The molecular weight excluding hydrogens is 146 g/mol. The number of carboxylic acid groups (broad SMARTS) is 1. The lowest BCUT2D eigenvalue weighted by molar-refractivity contribution is -0.267. The van der Waals surface area contributed by atoms with Gasteiger partial charge in [0.1, 0.15) is 6.09 Å². The van der Waals surface area contributed by atoms with Gasteiger partial charge >= 0.3 is 0 Å². The molecule has 0 aromatic rings. The molecule has 11 heavy (non-hydrogen) atoms. The SMILES string of the molecule is CCN(CC(C)(C)O)C(=O)[O-]. The highest BCUT2D eigenvalue weighted by atomic mass is 16.4. The van der Waals surface area contributed by atoms with Crippen LogP contribution in [0.1, 0.15) is 20.8 Å². The van der Waals surface area contributed by atoms with E-state index in [1.807, 2.05) is 0 Å². The Hall–Kier alpha value is -0.770. The van der Waals surface area contributed by atoms with Gasteiger partial charge in [0.05, 0.1) is 5.60 Å². The summed E-state index contributed by atoms with van der Waals surface area (Å²) >= 11 is 0. The van der Waals surface area contributed by atoms with Crippen LogP contribution in [0, 0.1) is 0 Å². The van der Waals surface area contributed by atoms with Crippen LogP contribution in [0.4, 0.5) is 4.79 Å². The summed E-state index contributed by atoms with van der Waals surface area (Å²) in [5, 5.41) is 19.5. The van der Waals surface area contributed by atoms with Gasteiger partial charge in [-0.2, -0.15) is 0 Å². The molecule has 0 unspecified atom stereocenters. The molecule has 0 atom stereocenters. The number of rotatable bonds is 3. The van der Waals surface area contributed by atoms with Crippen molar-refractivity contribution in [1.29, 1.82) is 0 Å². The second kappa shape index (κ2) is 3.57. The molecule has 0 fully saturated rings. The van der Waals surface area contributed by atoms with Crippen LogP contribution in [-0.2, 0) is 0 Å². The zero-order valence-electron chi connectivity index (χ0n) is 7.13. The standard InChI is InChI=1S/C7H15NO3/c1-4-8(6(9)10)5-7(2,3)11/h11H,4-5H2,1-3H3,(H,9,10)/p-1. The molecule has 1 amide bonds. The summed E-state index contributed by atoms with van der Waals surface area (Å²) in [6, 6.07) is 0. The van der Waals surface area contributed by atoms with Gasteiger partial charge in [-0.1, -0.05) is 0 Å². The maximum Gasteiger partial charge on any atom is 0.137 e. The van der Waals surface area contributed by atoms with Crippen molar-refractivity contribution in [2.75, 3.05) is 13.1 Å². The molecule has 0 aromatic heterocycles. The Morgan fingerprint density at radius 1 is 1.64 bits per heavy atom. The first-order valence-electron chi connectivity index (χ1n) is 3.55. The maximum atomic E-state index is 10.3. The third-order valence-corrected chi connectivity index (χ3v) is 1.22. The molecule has 0 heterocycles. The normalized spacial score (nSPS) is 11.3. The van der Waals surface area contributed by atoms with Gasteiger partial charge < -0.3 is 19.9 Å². The summed E-state index contributed by atoms with van der Waals surface area (Å²) < 4.78 is 0. The fourth-order valence-electron chi connectivity index (χ4n) is 0.773. The molecule has 0 aliphatic rings. The third kappa shape index (κ3) is 4.61. The van der Waals surface area contributed by atoms with Crippen LogP contribution in [0.2, 0.25) is 0 Å². The van der Waals surface area contributed by atoms with E-state index in [2.05, 4.69) is 0 Å². The molecule has 0 aromatic carbocycles. The van der Waals surface area contributed by atoms with Crippen LogP contribution < -0.4 is 5.11 Å². The van der Waals surface area contributed by atoms with Crippen molar-refractivity contribution in [2.24, 2.45) is 0 Å². The molecule has 0 aliphatic carbocycles. The van der Waals surface area contributed by atoms with Crippen LogP contribution in [0.15, 0.2) is 0 Å². The second-order valence-electron chi connectivity index (χ2n) is 3.09. The number of hydrogen-bond donors (Lipinski definition) is 1. The van der Waals surface area contributed by atoms with E-state index in [-0.39, 0.29) is 6.54 Å². The van der Waals surface area contributed by atoms with Gasteiger partial charge in [0.2, 0.25) is 0 Å². The zero-order valence-corrected chi connectivity index (χ0v) is 7.13. The number of likely N-dealkylation sites (N-methyl/N-ethyl adjacent to an activating group) is 1. The molecule has 4 nitrogen and oxygen atoms in total. The van der Waals surface area contributed by atoms with E-state index in [0.717, 1.165) is 4.90 Å².